The Kier molecular flexibility index (Phi) is 4.50. The van der Waals surface area contributed by atoms with Crippen LogP contribution in [0.15, 0.2) is 26.4 Å². The van der Waals surface area contributed by atoms with Crippen LogP contribution in [-0.4, -0.2) is 29.1 Å². The third-order valence-electron chi connectivity index (χ3n) is 2.37. The van der Waals surface area contributed by atoms with Crippen LogP contribution in [-0.2, 0) is 4.79 Å². The predicted octanol–water partition coefficient (Wildman–Crippen LogP) is 3.20. The standard InChI is InChI=1S/C12H13IN2O2S/c1-3-14-12-15(4-2)11(16)9(18-12)7-8-5-6-10(13)17-8/h5-7H,3-4H2,1-2H3/b9-7-,14-12?. The highest BCUT2D eigenvalue weighted by molar-refractivity contribution is 14.1. The summed E-state index contributed by atoms with van der Waals surface area (Å²) < 4.78 is 6.25. The number of aliphatic imine (C=N–C) groups is 1. The molecule has 1 aliphatic heterocycles. The monoisotopic (exact) mass is 376 g/mol. The topological polar surface area (TPSA) is 45.8 Å². The second-order valence-electron chi connectivity index (χ2n) is 3.56. The third kappa shape index (κ3) is 2.80. The SMILES string of the molecule is CCN=C1S/C(=C\c2ccc(I)o2)C(=O)N1CC. The third-order valence-corrected chi connectivity index (χ3v) is 3.99. The molecule has 1 fully saturated rings. The molecule has 0 spiro atoms. The highest BCUT2D eigenvalue weighted by atomic mass is 127. The van der Waals surface area contributed by atoms with E-state index >= 15 is 0 Å². The number of hydrogen-bond donors (Lipinski definition) is 0. The molecule has 0 radical (unpaired) electrons. The second-order valence-corrected chi connectivity index (χ2v) is 5.63. The number of hydrogen-bond acceptors (Lipinski definition) is 4. The fourth-order valence-electron chi connectivity index (χ4n) is 1.58. The zero-order chi connectivity index (χ0) is 13.1. The first-order valence-electron chi connectivity index (χ1n) is 5.67. The van der Waals surface area contributed by atoms with E-state index in [9.17, 15) is 4.79 Å². The van der Waals surface area contributed by atoms with Crippen LogP contribution in [0, 0.1) is 3.77 Å². The molecule has 6 heteroatoms. The maximum absolute atomic E-state index is 12.1. The van der Waals surface area contributed by atoms with Gasteiger partial charge in [-0.2, -0.15) is 0 Å². The van der Waals surface area contributed by atoms with E-state index in [2.05, 4.69) is 27.6 Å². The van der Waals surface area contributed by atoms with Gasteiger partial charge in [0.15, 0.2) is 8.93 Å². The summed E-state index contributed by atoms with van der Waals surface area (Å²) in [6.07, 6.45) is 1.77. The molecular weight excluding hydrogens is 363 g/mol. The lowest BCUT2D eigenvalue weighted by atomic mass is 10.3. The number of amides is 1. The van der Waals surface area contributed by atoms with E-state index in [-0.39, 0.29) is 5.91 Å². The van der Waals surface area contributed by atoms with E-state index in [0.29, 0.717) is 23.8 Å². The fraction of sp³-hybridized carbons (Fsp3) is 0.333. The highest BCUT2D eigenvalue weighted by Gasteiger charge is 2.32. The maximum Gasteiger partial charge on any atom is 0.266 e. The van der Waals surface area contributed by atoms with Gasteiger partial charge in [0.05, 0.1) is 4.91 Å². The number of likely N-dealkylation sites (N-methyl/N-ethyl adjacent to an activating group) is 1. The molecule has 0 atom stereocenters. The molecule has 1 aromatic rings. The molecule has 0 saturated carbocycles. The Morgan fingerprint density at radius 1 is 1.50 bits per heavy atom. The average molecular weight is 376 g/mol. The molecular formula is C12H13IN2O2S. The minimum absolute atomic E-state index is 0.00103. The van der Waals surface area contributed by atoms with E-state index in [1.165, 1.54) is 11.8 Å². The van der Waals surface area contributed by atoms with Crippen LogP contribution >= 0.6 is 34.4 Å². The summed E-state index contributed by atoms with van der Waals surface area (Å²) in [6, 6.07) is 3.73. The van der Waals surface area contributed by atoms with Crippen molar-refractivity contribution in [2.24, 2.45) is 4.99 Å². The normalized spacial score (nSPS) is 20.4. The zero-order valence-electron chi connectivity index (χ0n) is 10.1. The summed E-state index contributed by atoms with van der Waals surface area (Å²) in [5, 5.41) is 0.775. The van der Waals surface area contributed by atoms with Gasteiger partial charge in [0, 0.05) is 19.2 Å². The second kappa shape index (κ2) is 5.92. The van der Waals surface area contributed by atoms with Crippen LogP contribution in [0.1, 0.15) is 19.6 Å². The smallest absolute Gasteiger partial charge is 0.266 e. The summed E-state index contributed by atoms with van der Waals surface area (Å²) >= 11 is 3.50. The number of amidine groups is 1. The van der Waals surface area contributed by atoms with Crippen molar-refractivity contribution in [3.8, 4) is 0 Å². The first kappa shape index (κ1) is 13.7. The van der Waals surface area contributed by atoms with Crippen molar-refractivity contribution >= 4 is 51.5 Å². The Bertz CT molecular complexity index is 522. The molecule has 1 aliphatic rings. The van der Waals surface area contributed by atoms with Crippen LogP contribution in [0.5, 0.6) is 0 Å². The summed E-state index contributed by atoms with van der Waals surface area (Å²) in [5.41, 5.74) is 0. The minimum atomic E-state index is 0.00103. The van der Waals surface area contributed by atoms with Crippen LogP contribution in [0.4, 0.5) is 0 Å². The van der Waals surface area contributed by atoms with Gasteiger partial charge in [0.1, 0.15) is 5.76 Å². The molecule has 1 amide bonds. The molecule has 0 aromatic carbocycles. The predicted molar refractivity (Wildman–Crippen MR) is 82.4 cm³/mol. The van der Waals surface area contributed by atoms with Crippen molar-refractivity contribution in [3.05, 3.63) is 26.6 Å². The molecule has 2 heterocycles. The lowest BCUT2D eigenvalue weighted by Crippen LogP contribution is -2.28. The number of halogens is 1. The molecule has 1 aromatic heterocycles. The van der Waals surface area contributed by atoms with Crippen molar-refractivity contribution < 1.29 is 9.21 Å². The largest absolute Gasteiger partial charge is 0.451 e. The Morgan fingerprint density at radius 2 is 2.28 bits per heavy atom. The first-order valence-corrected chi connectivity index (χ1v) is 7.56. The van der Waals surface area contributed by atoms with Crippen molar-refractivity contribution in [1.29, 1.82) is 0 Å². The number of furan rings is 1. The molecule has 96 valence electrons. The van der Waals surface area contributed by atoms with Gasteiger partial charge < -0.3 is 4.42 Å². The highest BCUT2D eigenvalue weighted by Crippen LogP contribution is 2.32. The summed E-state index contributed by atoms with van der Waals surface area (Å²) in [7, 11) is 0. The van der Waals surface area contributed by atoms with Gasteiger partial charge in [-0.1, -0.05) is 0 Å². The molecule has 4 nitrogen and oxygen atoms in total. The lowest BCUT2D eigenvalue weighted by molar-refractivity contribution is -0.122. The molecule has 2 rings (SSSR count). The molecule has 18 heavy (non-hydrogen) atoms. The van der Waals surface area contributed by atoms with Gasteiger partial charge in [-0.05, 0) is 60.3 Å². The van der Waals surface area contributed by atoms with Gasteiger partial charge in [-0.15, -0.1) is 0 Å². The Balaban J connectivity index is 2.28. The van der Waals surface area contributed by atoms with E-state index < -0.39 is 0 Å². The fourth-order valence-corrected chi connectivity index (χ4v) is 3.09. The van der Waals surface area contributed by atoms with Crippen LogP contribution < -0.4 is 0 Å². The van der Waals surface area contributed by atoms with E-state index in [1.54, 1.807) is 11.0 Å². The van der Waals surface area contributed by atoms with Crippen LogP contribution in [0.2, 0.25) is 0 Å². The number of nitrogens with zero attached hydrogens (tertiary/aromatic N) is 2. The van der Waals surface area contributed by atoms with Crippen molar-refractivity contribution in [2.75, 3.05) is 13.1 Å². The zero-order valence-corrected chi connectivity index (χ0v) is 13.1. The van der Waals surface area contributed by atoms with Crippen molar-refractivity contribution in [3.63, 3.8) is 0 Å². The van der Waals surface area contributed by atoms with Crippen molar-refractivity contribution in [1.82, 2.24) is 4.90 Å². The van der Waals surface area contributed by atoms with Gasteiger partial charge in [0.25, 0.3) is 5.91 Å². The molecule has 0 aliphatic carbocycles. The Morgan fingerprint density at radius 3 is 2.83 bits per heavy atom. The Hall–Kier alpha value is -0.760. The number of carbonyl (C=O) groups excluding carboxylic acids is 1. The van der Waals surface area contributed by atoms with E-state index in [1.807, 2.05) is 26.0 Å². The summed E-state index contributed by atoms with van der Waals surface area (Å²) in [4.78, 5) is 18.8. The number of carbonyl (C=O) groups is 1. The van der Waals surface area contributed by atoms with Gasteiger partial charge >= 0.3 is 0 Å². The molecule has 1 saturated heterocycles. The molecule has 0 unspecified atom stereocenters. The number of thioether (sulfide) groups is 1. The van der Waals surface area contributed by atoms with E-state index in [0.717, 1.165) is 8.93 Å². The Labute approximate surface area is 124 Å². The average Bonchev–Trinajstić information content (AvgIpc) is 2.86. The lowest BCUT2D eigenvalue weighted by Gasteiger charge is -2.11. The molecule has 0 bridgehead atoms. The summed E-state index contributed by atoms with van der Waals surface area (Å²) in [6.45, 7) is 5.22. The first-order chi connectivity index (χ1) is 8.65. The van der Waals surface area contributed by atoms with E-state index in [4.69, 9.17) is 4.42 Å². The van der Waals surface area contributed by atoms with Gasteiger partial charge in [0.2, 0.25) is 0 Å². The summed E-state index contributed by atoms with van der Waals surface area (Å²) in [5.74, 6) is 0.699. The van der Waals surface area contributed by atoms with Gasteiger partial charge in [-0.25, -0.2) is 0 Å². The quantitative estimate of drug-likeness (QED) is 0.601. The van der Waals surface area contributed by atoms with Crippen molar-refractivity contribution in [2.45, 2.75) is 13.8 Å². The van der Waals surface area contributed by atoms with Gasteiger partial charge in [-0.3, -0.25) is 14.7 Å². The van der Waals surface area contributed by atoms with Crippen LogP contribution in [0.25, 0.3) is 6.08 Å². The molecule has 0 N–H and O–H groups in total. The van der Waals surface area contributed by atoms with Crippen LogP contribution in [0.3, 0.4) is 0 Å². The number of rotatable bonds is 3. The maximum atomic E-state index is 12.1. The minimum Gasteiger partial charge on any atom is -0.451 e.